The number of nitrogens with zero attached hydrogens (tertiary/aromatic N) is 1. The van der Waals surface area contributed by atoms with E-state index in [2.05, 4.69) is 22.3 Å². The molecule has 0 saturated heterocycles. The van der Waals surface area contributed by atoms with E-state index in [-0.39, 0.29) is 6.42 Å². The minimum Gasteiger partial charge on any atom is -0.481 e. The molecule has 4 aromatic rings. The van der Waals surface area contributed by atoms with Crippen molar-refractivity contribution < 1.29 is 14.3 Å². The smallest absolute Gasteiger partial charge is 0.306 e. The first-order valence-electron chi connectivity index (χ1n) is 11.8. The Morgan fingerprint density at radius 2 is 2.00 bits per heavy atom. The van der Waals surface area contributed by atoms with E-state index in [1.807, 2.05) is 36.5 Å². The summed E-state index contributed by atoms with van der Waals surface area (Å²) in [5, 5.41) is 15.4. The Labute approximate surface area is 192 Å². The van der Waals surface area contributed by atoms with Crippen LogP contribution in [0.25, 0.3) is 21.9 Å². The van der Waals surface area contributed by atoms with Gasteiger partial charge in [0.1, 0.15) is 17.4 Å². The zero-order valence-corrected chi connectivity index (χ0v) is 18.5. The van der Waals surface area contributed by atoms with E-state index in [1.165, 1.54) is 16.5 Å². The Morgan fingerprint density at radius 3 is 2.85 bits per heavy atom. The quantitative estimate of drug-likeness (QED) is 0.210. The van der Waals surface area contributed by atoms with Crippen LogP contribution in [0.3, 0.4) is 0 Å². The number of fused-ring (bicyclic) bond motifs is 4. The average molecular weight is 445 g/mol. The topological polar surface area (TPSA) is 95.7 Å². The predicted octanol–water partition coefficient (Wildman–Crippen LogP) is 6.71. The van der Waals surface area contributed by atoms with Crippen molar-refractivity contribution in [2.24, 2.45) is 11.1 Å². The zero-order valence-electron chi connectivity index (χ0n) is 18.5. The highest BCUT2D eigenvalue weighted by Crippen LogP contribution is 2.36. The van der Waals surface area contributed by atoms with Gasteiger partial charge < -0.3 is 14.5 Å². The van der Waals surface area contributed by atoms with Crippen molar-refractivity contribution in [3.63, 3.8) is 0 Å². The molecule has 2 aromatic heterocycles. The molecule has 5 rings (SSSR count). The molecular weight excluding hydrogens is 416 g/mol. The van der Waals surface area contributed by atoms with Crippen LogP contribution < -0.4 is 0 Å². The first-order valence-corrected chi connectivity index (χ1v) is 11.8. The highest BCUT2D eigenvalue weighted by Gasteiger charge is 2.26. The number of aryl methyl sites for hydroxylation is 3. The van der Waals surface area contributed by atoms with E-state index >= 15 is 0 Å². The van der Waals surface area contributed by atoms with Crippen LogP contribution in [0.4, 0.5) is 0 Å². The van der Waals surface area contributed by atoms with E-state index in [1.54, 1.807) is 0 Å². The number of H-pyrrole nitrogens is 1. The van der Waals surface area contributed by atoms with E-state index in [4.69, 9.17) is 4.42 Å². The number of nitroso groups, excluding NO2 is 1. The molecule has 0 amide bonds. The lowest BCUT2D eigenvalue weighted by molar-refractivity contribution is -0.142. The Hall–Kier alpha value is -3.41. The van der Waals surface area contributed by atoms with Crippen LogP contribution in [0.5, 0.6) is 0 Å². The number of carboxylic acid groups (broad SMARTS) is 1. The van der Waals surface area contributed by atoms with Crippen LogP contribution in [0.2, 0.25) is 0 Å². The van der Waals surface area contributed by atoms with Gasteiger partial charge >= 0.3 is 5.97 Å². The van der Waals surface area contributed by atoms with Gasteiger partial charge in [0.2, 0.25) is 0 Å². The number of furan rings is 1. The lowest BCUT2D eigenvalue weighted by Gasteiger charge is -2.16. The summed E-state index contributed by atoms with van der Waals surface area (Å²) in [6.45, 7) is 0. The highest BCUT2D eigenvalue weighted by molar-refractivity contribution is 5.84. The van der Waals surface area contributed by atoms with Crippen LogP contribution in [0.15, 0.2) is 58.3 Å². The molecule has 6 nitrogen and oxygen atoms in total. The van der Waals surface area contributed by atoms with Gasteiger partial charge in [-0.2, -0.15) is 4.91 Å². The summed E-state index contributed by atoms with van der Waals surface area (Å²) in [5.74, 6) is -0.432. The van der Waals surface area contributed by atoms with Crippen LogP contribution in [-0.2, 0) is 24.1 Å². The van der Waals surface area contributed by atoms with Gasteiger partial charge in [0.15, 0.2) is 0 Å². The molecule has 1 aliphatic carbocycles. The molecule has 0 spiro atoms. The maximum atomic E-state index is 11.9. The number of rotatable bonds is 10. The molecule has 0 aliphatic heterocycles. The molecule has 33 heavy (non-hydrogen) atoms. The van der Waals surface area contributed by atoms with Crippen molar-refractivity contribution in [2.45, 2.75) is 57.4 Å². The van der Waals surface area contributed by atoms with Gasteiger partial charge in [0.05, 0.1) is 5.92 Å². The first-order chi connectivity index (χ1) is 16.1. The van der Waals surface area contributed by atoms with Gasteiger partial charge in [-0.1, -0.05) is 41.9 Å². The number of hydrogen-bond donors (Lipinski definition) is 2. The number of aliphatic carboxylic acids is 1. The minimum atomic E-state index is -0.867. The molecule has 0 saturated carbocycles. The monoisotopic (exact) mass is 444 g/mol. The van der Waals surface area contributed by atoms with Crippen molar-refractivity contribution in [2.75, 3.05) is 0 Å². The van der Waals surface area contributed by atoms with Gasteiger partial charge in [-0.05, 0) is 61.8 Å². The molecule has 2 N–H and O–H groups in total. The van der Waals surface area contributed by atoms with E-state index in [0.29, 0.717) is 6.42 Å². The van der Waals surface area contributed by atoms with Crippen molar-refractivity contribution in [3.05, 3.63) is 76.0 Å². The molecule has 2 heterocycles. The number of carbonyl (C=O) groups is 1. The lowest BCUT2D eigenvalue weighted by Crippen LogP contribution is -2.16. The maximum absolute atomic E-state index is 11.9. The number of para-hydroxylation sites is 1. The summed E-state index contributed by atoms with van der Waals surface area (Å²) in [5.41, 5.74) is 5.15. The fourth-order valence-corrected chi connectivity index (χ4v) is 5.22. The van der Waals surface area contributed by atoms with E-state index < -0.39 is 17.9 Å². The third-order valence-electron chi connectivity index (χ3n) is 7.02. The summed E-state index contributed by atoms with van der Waals surface area (Å²) in [6, 6.07) is 13.3. The molecule has 2 unspecified atom stereocenters. The molecule has 0 fully saturated rings. The van der Waals surface area contributed by atoms with E-state index in [9.17, 15) is 14.8 Å². The summed E-state index contributed by atoms with van der Waals surface area (Å²) in [6.07, 6.45) is 8.44. The number of aromatic nitrogens is 1. The number of benzene rings is 2. The summed E-state index contributed by atoms with van der Waals surface area (Å²) in [4.78, 5) is 26.9. The second-order valence-corrected chi connectivity index (χ2v) is 9.11. The number of hydrogen-bond acceptors (Lipinski definition) is 4. The molecule has 6 heteroatoms. The number of carboxylic acids is 1. The fraction of sp³-hybridized carbons (Fsp3) is 0.370. The normalized spacial score (nSPS) is 15.0. The van der Waals surface area contributed by atoms with Gasteiger partial charge in [0.25, 0.3) is 0 Å². The second kappa shape index (κ2) is 9.22. The summed E-state index contributed by atoms with van der Waals surface area (Å²) in [7, 11) is 0. The van der Waals surface area contributed by atoms with Crippen LogP contribution in [-0.4, -0.2) is 16.1 Å². The van der Waals surface area contributed by atoms with Crippen LogP contribution in [0.1, 0.15) is 60.6 Å². The van der Waals surface area contributed by atoms with Crippen molar-refractivity contribution in [1.29, 1.82) is 0 Å². The van der Waals surface area contributed by atoms with Crippen LogP contribution >= 0.6 is 0 Å². The van der Waals surface area contributed by atoms with E-state index in [0.717, 1.165) is 66.3 Å². The number of nitrogens with one attached hydrogen (secondary N) is 1. The number of aromatic amines is 1. The largest absolute Gasteiger partial charge is 0.481 e. The molecule has 2 aromatic carbocycles. The fourth-order valence-electron chi connectivity index (χ4n) is 5.22. The van der Waals surface area contributed by atoms with Gasteiger partial charge in [0, 0.05) is 34.5 Å². The Morgan fingerprint density at radius 1 is 1.12 bits per heavy atom. The van der Waals surface area contributed by atoms with Crippen molar-refractivity contribution in [3.8, 4) is 0 Å². The highest BCUT2D eigenvalue weighted by atomic mass is 16.4. The molecule has 1 aliphatic rings. The Kier molecular flexibility index (Phi) is 5.99. The molecule has 0 bridgehead atoms. The SMILES string of the molecule is O=NC(CC(CCCCc1c[nH]c2ccccc12)C(=O)O)c1ccc2c3c(oc2c1)CCC3. The molecule has 170 valence electrons. The van der Waals surface area contributed by atoms with Gasteiger partial charge in [-0.25, -0.2) is 0 Å². The third kappa shape index (κ3) is 4.30. The molecule has 2 atom stereocenters. The Bertz CT molecular complexity index is 1300. The minimum absolute atomic E-state index is 0.206. The van der Waals surface area contributed by atoms with Crippen molar-refractivity contribution >= 4 is 27.8 Å². The molecular formula is C27H28N2O4. The molecule has 0 radical (unpaired) electrons. The van der Waals surface area contributed by atoms with Crippen molar-refractivity contribution in [1.82, 2.24) is 4.98 Å². The second-order valence-electron chi connectivity index (χ2n) is 9.11. The first kappa shape index (κ1) is 21.4. The average Bonchev–Trinajstić information content (AvgIpc) is 3.53. The maximum Gasteiger partial charge on any atom is 0.306 e. The third-order valence-corrected chi connectivity index (χ3v) is 7.02. The summed E-state index contributed by atoms with van der Waals surface area (Å²) >= 11 is 0. The van der Waals surface area contributed by atoms with Gasteiger partial charge in [-0.15, -0.1) is 0 Å². The Balaban J connectivity index is 1.22. The summed E-state index contributed by atoms with van der Waals surface area (Å²) < 4.78 is 5.98. The van der Waals surface area contributed by atoms with Gasteiger partial charge in [-0.3, -0.25) is 4.79 Å². The lowest BCUT2D eigenvalue weighted by atomic mass is 9.90. The predicted molar refractivity (Wildman–Crippen MR) is 128 cm³/mol. The standard InChI is InChI=1S/C27H28N2O4/c30-27(31)18(6-1-2-7-19-16-28-23-10-4-3-8-20(19)23)14-24(29-32)17-12-13-22-21-9-5-11-25(21)33-26(22)15-17/h3-4,8,10,12-13,15-16,18,24,28H,1-2,5-7,9,11,14H2,(H,30,31). The number of unbranched alkanes of at least 4 members (excludes halogenated alkanes) is 1. The van der Waals surface area contributed by atoms with Crippen LogP contribution in [0, 0.1) is 10.8 Å². The zero-order chi connectivity index (χ0) is 22.8.